The van der Waals surface area contributed by atoms with Crippen molar-refractivity contribution in [1.29, 1.82) is 0 Å². The Bertz CT molecular complexity index is 1480. The van der Waals surface area contributed by atoms with E-state index in [-0.39, 0.29) is 30.7 Å². The smallest absolute Gasteiger partial charge is 0.338 e. The van der Waals surface area contributed by atoms with Gasteiger partial charge in [0.2, 0.25) is 5.95 Å². The lowest BCUT2D eigenvalue weighted by Crippen LogP contribution is -2.42. The van der Waals surface area contributed by atoms with Crippen LogP contribution in [0.15, 0.2) is 58.4 Å². The number of nitrogens with one attached hydrogen (secondary N) is 1. The molecule has 5 rings (SSSR count). The van der Waals surface area contributed by atoms with E-state index >= 15 is 0 Å². The molecule has 2 aliphatic heterocycles. The average molecular weight is 593 g/mol. The van der Waals surface area contributed by atoms with Crippen molar-refractivity contribution >= 4 is 35.1 Å². The van der Waals surface area contributed by atoms with Gasteiger partial charge in [0.25, 0.3) is 0 Å². The number of piperidine rings is 1. The van der Waals surface area contributed by atoms with Gasteiger partial charge in [0, 0.05) is 54.2 Å². The van der Waals surface area contributed by atoms with E-state index in [9.17, 15) is 14.0 Å². The SMILES string of the molecule is CCOC(=O)Cc1cnc(N2CCC(C3=C(C(=O)OCC)C(c4cccc(F)c4C)N=C(c4nccs4)N3)CC2)nc1. The predicted octanol–water partition coefficient (Wildman–Crippen LogP) is 4.31. The van der Waals surface area contributed by atoms with Crippen LogP contribution in [0.3, 0.4) is 0 Å². The van der Waals surface area contributed by atoms with Gasteiger partial charge in [-0.2, -0.15) is 0 Å². The summed E-state index contributed by atoms with van der Waals surface area (Å²) in [5, 5.41) is 5.98. The zero-order valence-corrected chi connectivity index (χ0v) is 24.6. The number of carbonyl (C=O) groups is 2. The fourth-order valence-electron chi connectivity index (χ4n) is 5.26. The van der Waals surface area contributed by atoms with Crippen molar-refractivity contribution in [2.75, 3.05) is 31.2 Å². The molecule has 0 spiro atoms. The molecule has 0 radical (unpaired) electrons. The number of allylic oxidation sites excluding steroid dienone is 1. The fourth-order valence-corrected chi connectivity index (χ4v) is 5.85. The third-order valence-corrected chi connectivity index (χ3v) is 8.12. The molecule has 2 aromatic heterocycles. The average Bonchev–Trinajstić information content (AvgIpc) is 3.54. The number of amidine groups is 1. The maximum Gasteiger partial charge on any atom is 0.338 e. The molecule has 1 saturated heterocycles. The lowest BCUT2D eigenvalue weighted by molar-refractivity contribution is -0.142. The molecule has 0 bridgehead atoms. The first-order chi connectivity index (χ1) is 20.4. The number of aliphatic imine (C=N–C) groups is 1. The van der Waals surface area contributed by atoms with Crippen molar-refractivity contribution in [3.63, 3.8) is 0 Å². The number of benzene rings is 1. The van der Waals surface area contributed by atoms with Gasteiger partial charge < -0.3 is 19.7 Å². The van der Waals surface area contributed by atoms with Gasteiger partial charge in [-0.1, -0.05) is 12.1 Å². The monoisotopic (exact) mass is 592 g/mol. The lowest BCUT2D eigenvalue weighted by Gasteiger charge is -2.36. The Balaban J connectivity index is 1.43. The van der Waals surface area contributed by atoms with E-state index in [4.69, 9.17) is 14.5 Å². The molecule has 10 nitrogen and oxygen atoms in total. The number of halogens is 1. The van der Waals surface area contributed by atoms with Crippen LogP contribution in [0.2, 0.25) is 0 Å². The minimum Gasteiger partial charge on any atom is -0.466 e. The number of esters is 2. The highest BCUT2D eigenvalue weighted by Gasteiger charge is 2.38. The van der Waals surface area contributed by atoms with E-state index in [1.54, 1.807) is 51.5 Å². The molecule has 1 unspecified atom stereocenters. The number of hydrogen-bond donors (Lipinski definition) is 1. The molecule has 42 heavy (non-hydrogen) atoms. The van der Waals surface area contributed by atoms with Crippen LogP contribution in [0.1, 0.15) is 54.4 Å². The molecule has 12 heteroatoms. The number of nitrogens with zero attached hydrogens (tertiary/aromatic N) is 5. The molecule has 4 heterocycles. The molecule has 2 aliphatic rings. The molecule has 0 saturated carbocycles. The number of anilines is 1. The molecule has 0 aliphatic carbocycles. The van der Waals surface area contributed by atoms with Gasteiger partial charge in [0.15, 0.2) is 10.8 Å². The highest BCUT2D eigenvalue weighted by Crippen LogP contribution is 2.39. The third-order valence-electron chi connectivity index (χ3n) is 7.34. The first-order valence-corrected chi connectivity index (χ1v) is 14.9. The van der Waals surface area contributed by atoms with Gasteiger partial charge in [-0.15, -0.1) is 11.3 Å². The zero-order valence-electron chi connectivity index (χ0n) is 23.8. The van der Waals surface area contributed by atoms with E-state index in [1.165, 1.54) is 17.4 Å². The summed E-state index contributed by atoms with van der Waals surface area (Å²) in [4.78, 5) is 45.7. The van der Waals surface area contributed by atoms with Crippen LogP contribution in [-0.4, -0.2) is 59.0 Å². The Labute approximate surface area is 247 Å². The van der Waals surface area contributed by atoms with Crippen molar-refractivity contribution in [1.82, 2.24) is 20.3 Å². The van der Waals surface area contributed by atoms with Gasteiger partial charge in [-0.25, -0.2) is 24.1 Å². The van der Waals surface area contributed by atoms with E-state index in [0.717, 1.165) is 5.70 Å². The maximum absolute atomic E-state index is 14.7. The summed E-state index contributed by atoms with van der Waals surface area (Å²) in [5.41, 5.74) is 2.86. The molecule has 1 aromatic carbocycles. The fraction of sp³-hybridized carbons (Fsp3) is 0.400. The standard InChI is InChI=1S/C30H33FN6O4S/c1-4-40-23(38)15-19-16-33-30(34-17-19)37-12-9-20(10-13-37)25-24(29(39)41-5-2)26(21-7-6-8-22(31)18(21)3)36-27(35-25)28-32-11-14-42-28/h6-8,11,14,16-17,20,26H,4-5,9-10,12-13,15H2,1-3H3,(H,35,36). The van der Waals surface area contributed by atoms with Crippen LogP contribution in [0.5, 0.6) is 0 Å². The minimum absolute atomic E-state index is 0.0226. The number of carbonyl (C=O) groups excluding carboxylic acids is 2. The minimum atomic E-state index is -0.747. The molecule has 3 aromatic rings. The first kappa shape index (κ1) is 29.3. The normalized spacial score (nSPS) is 17.5. The zero-order chi connectivity index (χ0) is 29.6. The number of rotatable bonds is 9. The second kappa shape index (κ2) is 13.2. The Kier molecular flexibility index (Phi) is 9.21. The summed E-state index contributed by atoms with van der Waals surface area (Å²) in [6.07, 6.45) is 6.55. The van der Waals surface area contributed by atoms with Crippen LogP contribution in [0, 0.1) is 18.7 Å². The summed E-state index contributed by atoms with van der Waals surface area (Å²) < 4.78 is 25.2. The summed E-state index contributed by atoms with van der Waals surface area (Å²) in [6.45, 7) is 7.06. The summed E-state index contributed by atoms with van der Waals surface area (Å²) in [5.74, 6) is -0.0413. The molecular formula is C30H33FN6O4S. The van der Waals surface area contributed by atoms with Crippen molar-refractivity contribution in [2.24, 2.45) is 10.9 Å². The van der Waals surface area contributed by atoms with E-state index in [1.807, 2.05) is 5.38 Å². The largest absolute Gasteiger partial charge is 0.466 e. The number of ether oxygens (including phenoxy) is 2. The summed E-state index contributed by atoms with van der Waals surface area (Å²) in [7, 11) is 0. The Hall–Kier alpha value is -4.19. The second-order valence-corrected chi connectivity index (χ2v) is 10.9. The maximum atomic E-state index is 14.7. The number of aromatic nitrogens is 3. The Morgan fingerprint density at radius 2 is 1.83 bits per heavy atom. The molecule has 1 N–H and O–H groups in total. The number of hydrogen-bond acceptors (Lipinski definition) is 11. The van der Waals surface area contributed by atoms with Gasteiger partial charge in [-0.05, 0) is 50.8 Å². The summed E-state index contributed by atoms with van der Waals surface area (Å²) >= 11 is 1.44. The number of thiazole rings is 1. The van der Waals surface area contributed by atoms with Crippen molar-refractivity contribution < 1.29 is 23.5 Å². The molecule has 1 fully saturated rings. The lowest BCUT2D eigenvalue weighted by atomic mass is 9.85. The molecule has 220 valence electrons. The second-order valence-electron chi connectivity index (χ2n) is 9.98. The molecule has 1 atom stereocenters. The van der Waals surface area contributed by atoms with Crippen LogP contribution >= 0.6 is 11.3 Å². The van der Waals surface area contributed by atoms with Crippen LogP contribution < -0.4 is 10.2 Å². The van der Waals surface area contributed by atoms with Gasteiger partial charge >= 0.3 is 11.9 Å². The highest BCUT2D eigenvalue weighted by atomic mass is 32.1. The topological polar surface area (TPSA) is 119 Å². The van der Waals surface area contributed by atoms with Crippen LogP contribution in [-0.2, 0) is 25.5 Å². The Morgan fingerprint density at radius 1 is 1.10 bits per heavy atom. The predicted molar refractivity (Wildman–Crippen MR) is 157 cm³/mol. The van der Waals surface area contributed by atoms with E-state index < -0.39 is 12.0 Å². The van der Waals surface area contributed by atoms with E-state index in [2.05, 4.69) is 25.2 Å². The van der Waals surface area contributed by atoms with Gasteiger partial charge in [-0.3, -0.25) is 9.79 Å². The first-order valence-electron chi connectivity index (χ1n) is 14.0. The summed E-state index contributed by atoms with van der Waals surface area (Å²) in [6, 6.07) is 4.10. The van der Waals surface area contributed by atoms with Gasteiger partial charge in [0.05, 0.1) is 25.2 Å². The third kappa shape index (κ3) is 6.33. The van der Waals surface area contributed by atoms with Crippen molar-refractivity contribution in [2.45, 2.75) is 46.1 Å². The van der Waals surface area contributed by atoms with E-state index in [0.29, 0.717) is 71.6 Å². The van der Waals surface area contributed by atoms with Crippen LogP contribution in [0.25, 0.3) is 0 Å². The molecular weight excluding hydrogens is 559 g/mol. The quantitative estimate of drug-likeness (QED) is 0.363. The van der Waals surface area contributed by atoms with Gasteiger partial charge in [0.1, 0.15) is 11.9 Å². The van der Waals surface area contributed by atoms with Crippen molar-refractivity contribution in [3.8, 4) is 0 Å². The highest BCUT2D eigenvalue weighted by molar-refractivity contribution is 7.11. The Morgan fingerprint density at radius 3 is 2.50 bits per heavy atom. The molecule has 0 amide bonds. The van der Waals surface area contributed by atoms with Crippen molar-refractivity contribution in [3.05, 3.63) is 81.0 Å². The van der Waals surface area contributed by atoms with Crippen LogP contribution in [0.4, 0.5) is 10.3 Å².